The first-order valence-corrected chi connectivity index (χ1v) is 8.27. The third-order valence-electron chi connectivity index (χ3n) is 4.67. The van der Waals surface area contributed by atoms with Crippen LogP contribution in [0.15, 0.2) is 42.5 Å². The maximum Gasteiger partial charge on any atom is 0.171 e. The number of hydrogen-bond acceptors (Lipinski definition) is 4. The number of aromatic nitrogens is 4. The monoisotopic (exact) mass is 307 g/mol. The van der Waals surface area contributed by atoms with Gasteiger partial charge in [0.1, 0.15) is 6.04 Å². The molecule has 1 saturated heterocycles. The van der Waals surface area contributed by atoms with Crippen LogP contribution in [0, 0.1) is 12.8 Å². The van der Waals surface area contributed by atoms with E-state index in [4.69, 9.17) is 0 Å². The first-order valence-electron chi connectivity index (χ1n) is 8.27. The van der Waals surface area contributed by atoms with E-state index in [0.29, 0.717) is 5.92 Å². The number of aryl methyl sites for hydroxylation is 1. The van der Waals surface area contributed by atoms with Crippen LogP contribution in [0.3, 0.4) is 0 Å². The van der Waals surface area contributed by atoms with E-state index in [-0.39, 0.29) is 6.04 Å². The SMILES string of the molecule is Cc1nnn([C@@H](c2ccc3ccccc3c2)[C@H]2CCCNC2)n1. The van der Waals surface area contributed by atoms with Gasteiger partial charge in [-0.15, -0.1) is 10.2 Å². The quantitative estimate of drug-likeness (QED) is 0.808. The van der Waals surface area contributed by atoms with Gasteiger partial charge in [0.05, 0.1) is 0 Å². The highest BCUT2D eigenvalue weighted by atomic mass is 15.6. The summed E-state index contributed by atoms with van der Waals surface area (Å²) in [6.45, 7) is 3.99. The fraction of sp³-hybridized carbons (Fsp3) is 0.389. The van der Waals surface area contributed by atoms with E-state index in [1.807, 2.05) is 6.92 Å². The maximum atomic E-state index is 4.51. The van der Waals surface area contributed by atoms with Crippen LogP contribution >= 0.6 is 0 Å². The Morgan fingerprint density at radius 2 is 2.04 bits per heavy atom. The third kappa shape index (κ3) is 2.84. The van der Waals surface area contributed by atoms with E-state index in [0.717, 1.165) is 18.9 Å². The summed E-state index contributed by atoms with van der Waals surface area (Å²) in [5, 5.41) is 18.9. The standard InChI is InChI=1S/C18H21N5/c1-13-20-22-23(21-13)18(17-7-4-10-19-12-17)16-9-8-14-5-2-3-6-15(14)11-16/h2-3,5-6,8-9,11,17-19H,4,7,10,12H2,1H3/t17-,18-/m0/s1. The molecule has 1 N–H and O–H groups in total. The minimum absolute atomic E-state index is 0.133. The molecule has 0 unspecified atom stereocenters. The first-order chi connectivity index (χ1) is 11.3. The van der Waals surface area contributed by atoms with Crippen LogP contribution in [-0.4, -0.2) is 33.3 Å². The van der Waals surface area contributed by atoms with Crippen molar-refractivity contribution in [1.82, 2.24) is 25.5 Å². The van der Waals surface area contributed by atoms with Crippen LogP contribution in [0.2, 0.25) is 0 Å². The van der Waals surface area contributed by atoms with Crippen molar-refractivity contribution in [3.05, 3.63) is 53.9 Å². The molecule has 23 heavy (non-hydrogen) atoms. The number of rotatable bonds is 3. The number of nitrogens with zero attached hydrogens (tertiary/aromatic N) is 4. The number of nitrogens with one attached hydrogen (secondary N) is 1. The Kier molecular flexibility index (Phi) is 3.79. The second-order valence-corrected chi connectivity index (χ2v) is 6.31. The van der Waals surface area contributed by atoms with Gasteiger partial charge in [0, 0.05) is 6.54 Å². The molecule has 5 nitrogen and oxygen atoms in total. The minimum Gasteiger partial charge on any atom is -0.316 e. The summed E-state index contributed by atoms with van der Waals surface area (Å²) in [6, 6.07) is 15.3. The van der Waals surface area contributed by atoms with Gasteiger partial charge >= 0.3 is 0 Å². The molecule has 0 spiro atoms. The Bertz CT molecular complexity index is 804. The lowest BCUT2D eigenvalue weighted by Crippen LogP contribution is -2.36. The molecule has 4 rings (SSSR count). The van der Waals surface area contributed by atoms with Crippen molar-refractivity contribution >= 4 is 10.8 Å². The van der Waals surface area contributed by atoms with Gasteiger partial charge in [-0.05, 0) is 59.8 Å². The van der Waals surface area contributed by atoms with Gasteiger partial charge in [-0.1, -0.05) is 36.4 Å². The normalized spacial score (nSPS) is 19.8. The molecule has 1 aliphatic rings. The molecule has 2 atom stereocenters. The zero-order valence-electron chi connectivity index (χ0n) is 13.3. The molecule has 5 heteroatoms. The van der Waals surface area contributed by atoms with Crippen LogP contribution in [0.1, 0.15) is 30.3 Å². The van der Waals surface area contributed by atoms with Crippen molar-refractivity contribution in [2.45, 2.75) is 25.8 Å². The summed E-state index contributed by atoms with van der Waals surface area (Å²) >= 11 is 0. The maximum absolute atomic E-state index is 4.51. The van der Waals surface area contributed by atoms with E-state index in [9.17, 15) is 0 Å². The fourth-order valence-corrected chi connectivity index (χ4v) is 3.55. The molecule has 1 aliphatic heterocycles. The van der Waals surface area contributed by atoms with Crippen molar-refractivity contribution in [2.24, 2.45) is 5.92 Å². The lowest BCUT2D eigenvalue weighted by molar-refractivity contribution is 0.261. The summed E-state index contributed by atoms with van der Waals surface area (Å²) in [6.07, 6.45) is 2.38. The molecule has 0 amide bonds. The van der Waals surface area contributed by atoms with Gasteiger partial charge in [0.15, 0.2) is 5.82 Å². The second-order valence-electron chi connectivity index (χ2n) is 6.31. The first kappa shape index (κ1) is 14.3. The smallest absolute Gasteiger partial charge is 0.171 e. The predicted molar refractivity (Wildman–Crippen MR) is 90.2 cm³/mol. The van der Waals surface area contributed by atoms with E-state index < -0.39 is 0 Å². The van der Waals surface area contributed by atoms with E-state index in [1.165, 1.54) is 29.2 Å². The number of benzene rings is 2. The predicted octanol–water partition coefficient (Wildman–Crippen LogP) is 2.72. The van der Waals surface area contributed by atoms with Crippen molar-refractivity contribution in [3.8, 4) is 0 Å². The number of tetrazole rings is 1. The van der Waals surface area contributed by atoms with Crippen LogP contribution in [0.25, 0.3) is 10.8 Å². The van der Waals surface area contributed by atoms with Gasteiger partial charge in [0.2, 0.25) is 0 Å². The van der Waals surface area contributed by atoms with Crippen molar-refractivity contribution in [2.75, 3.05) is 13.1 Å². The van der Waals surface area contributed by atoms with Gasteiger partial charge in [-0.3, -0.25) is 0 Å². The average molecular weight is 307 g/mol. The number of fused-ring (bicyclic) bond motifs is 1. The fourth-order valence-electron chi connectivity index (χ4n) is 3.55. The molecule has 0 aliphatic carbocycles. The lowest BCUT2D eigenvalue weighted by Gasteiger charge is -2.30. The number of hydrogen-bond donors (Lipinski definition) is 1. The Morgan fingerprint density at radius 1 is 1.17 bits per heavy atom. The highest BCUT2D eigenvalue weighted by Crippen LogP contribution is 2.31. The van der Waals surface area contributed by atoms with E-state index in [1.54, 1.807) is 4.80 Å². The van der Waals surface area contributed by atoms with Crippen molar-refractivity contribution in [3.63, 3.8) is 0 Å². The van der Waals surface area contributed by atoms with E-state index in [2.05, 4.69) is 63.2 Å². The Hall–Kier alpha value is -2.27. The molecular formula is C18H21N5. The minimum atomic E-state index is 0.133. The zero-order valence-corrected chi connectivity index (χ0v) is 13.3. The highest BCUT2D eigenvalue weighted by Gasteiger charge is 2.28. The molecule has 0 saturated carbocycles. The van der Waals surface area contributed by atoms with Gasteiger partial charge in [0.25, 0.3) is 0 Å². The van der Waals surface area contributed by atoms with Crippen LogP contribution in [-0.2, 0) is 0 Å². The summed E-state index contributed by atoms with van der Waals surface area (Å²) in [4.78, 5) is 1.80. The third-order valence-corrected chi connectivity index (χ3v) is 4.67. The molecule has 2 heterocycles. The molecule has 0 bridgehead atoms. The van der Waals surface area contributed by atoms with Gasteiger partial charge in [-0.25, -0.2) is 0 Å². The zero-order chi connectivity index (χ0) is 15.6. The van der Waals surface area contributed by atoms with Gasteiger partial charge in [-0.2, -0.15) is 4.80 Å². The largest absolute Gasteiger partial charge is 0.316 e. The Balaban J connectivity index is 1.78. The highest BCUT2D eigenvalue weighted by molar-refractivity contribution is 5.83. The summed E-state index contributed by atoms with van der Waals surface area (Å²) in [5.41, 5.74) is 1.26. The van der Waals surface area contributed by atoms with Crippen molar-refractivity contribution in [1.29, 1.82) is 0 Å². The van der Waals surface area contributed by atoms with E-state index >= 15 is 0 Å². The molecule has 2 aromatic carbocycles. The summed E-state index contributed by atoms with van der Waals surface area (Å²) < 4.78 is 0. The van der Waals surface area contributed by atoms with Crippen LogP contribution in [0.4, 0.5) is 0 Å². The Morgan fingerprint density at radius 3 is 2.78 bits per heavy atom. The second kappa shape index (κ2) is 6.08. The average Bonchev–Trinajstić information content (AvgIpc) is 3.02. The molecular weight excluding hydrogens is 286 g/mol. The molecule has 1 aromatic heterocycles. The van der Waals surface area contributed by atoms with Crippen molar-refractivity contribution < 1.29 is 0 Å². The number of piperidine rings is 1. The molecule has 1 fully saturated rings. The molecule has 3 aromatic rings. The Labute approximate surface area is 135 Å². The molecule has 118 valence electrons. The lowest BCUT2D eigenvalue weighted by atomic mass is 9.87. The summed E-state index contributed by atoms with van der Waals surface area (Å²) in [5.74, 6) is 1.21. The van der Waals surface area contributed by atoms with Gasteiger partial charge < -0.3 is 5.32 Å². The topological polar surface area (TPSA) is 55.6 Å². The molecule has 0 radical (unpaired) electrons. The van der Waals surface area contributed by atoms with Crippen LogP contribution in [0.5, 0.6) is 0 Å². The van der Waals surface area contributed by atoms with Crippen LogP contribution < -0.4 is 5.32 Å². The summed E-state index contributed by atoms with van der Waals surface area (Å²) in [7, 11) is 0.